The van der Waals surface area contributed by atoms with Gasteiger partial charge in [-0.2, -0.15) is 5.26 Å². The average Bonchev–Trinajstić information content (AvgIpc) is 3.37. The monoisotopic (exact) mass is 490 g/mol. The topological polar surface area (TPSA) is 94.5 Å². The molecule has 0 bridgehead atoms. The molecule has 0 spiro atoms. The third kappa shape index (κ3) is 6.17. The summed E-state index contributed by atoms with van der Waals surface area (Å²) in [7, 11) is 0. The van der Waals surface area contributed by atoms with E-state index in [1.54, 1.807) is 4.90 Å². The molecular weight excluding hydrogens is 452 g/mol. The zero-order chi connectivity index (χ0) is 25.5. The van der Waals surface area contributed by atoms with Crippen LogP contribution in [0.25, 0.3) is 10.8 Å². The second-order valence-electron chi connectivity index (χ2n) is 10.7. The van der Waals surface area contributed by atoms with Crippen LogP contribution in [-0.2, 0) is 9.53 Å². The van der Waals surface area contributed by atoms with Gasteiger partial charge >= 0.3 is 6.09 Å². The average molecular weight is 491 g/mol. The smallest absolute Gasteiger partial charge is 0.412 e. The third-order valence-electron chi connectivity index (χ3n) is 7.50. The van der Waals surface area contributed by atoms with E-state index in [0.29, 0.717) is 44.1 Å². The van der Waals surface area contributed by atoms with E-state index >= 15 is 0 Å². The maximum Gasteiger partial charge on any atom is 0.412 e. The highest BCUT2D eigenvalue weighted by atomic mass is 16.6. The van der Waals surface area contributed by atoms with Crippen molar-refractivity contribution < 1.29 is 14.3 Å². The summed E-state index contributed by atoms with van der Waals surface area (Å²) in [6, 6.07) is 16.0. The lowest BCUT2D eigenvalue weighted by molar-refractivity contribution is -0.146. The minimum Gasteiger partial charge on any atom is -0.436 e. The fourth-order valence-corrected chi connectivity index (χ4v) is 5.51. The molecular formula is C29H38N4O3. The first-order chi connectivity index (χ1) is 17.4. The Kier molecular flexibility index (Phi) is 8.48. The summed E-state index contributed by atoms with van der Waals surface area (Å²) in [5.74, 6) is 0.261. The Balaban J connectivity index is 1.53. The van der Waals surface area contributed by atoms with Crippen molar-refractivity contribution in [1.82, 2.24) is 10.2 Å². The molecule has 2 atom stereocenters. The first-order valence-electron chi connectivity index (χ1n) is 13.3. The van der Waals surface area contributed by atoms with Gasteiger partial charge in [-0.15, -0.1) is 0 Å². The molecule has 2 aromatic carbocycles. The van der Waals surface area contributed by atoms with Crippen LogP contribution in [0, 0.1) is 23.2 Å². The van der Waals surface area contributed by atoms with Crippen LogP contribution >= 0.6 is 0 Å². The van der Waals surface area contributed by atoms with Gasteiger partial charge in [-0.1, -0.05) is 63.4 Å². The second kappa shape index (κ2) is 11.7. The van der Waals surface area contributed by atoms with Gasteiger partial charge in [0.05, 0.1) is 6.07 Å². The number of nitriles is 1. The standard InChI is InChI=1S/C29H38N4O3/c1-21(2)16-26(36-28(35)32-25-13-12-23-10-6-7-11-24(23)17-25)27(34)33(18-22-8-4-3-5-9-22)29(19-30)14-15-31-20-29/h6-7,10-13,17,21-22,26,31H,3-5,8-9,14-16,18,20H2,1-2H3,(H,32,35). The summed E-state index contributed by atoms with van der Waals surface area (Å²) in [5, 5.41) is 18.3. The number of benzene rings is 2. The molecule has 2 N–H and O–H groups in total. The molecule has 2 aliphatic rings. The van der Waals surface area contributed by atoms with Crippen LogP contribution in [-0.4, -0.2) is 48.2 Å². The molecule has 1 saturated heterocycles. The zero-order valence-corrected chi connectivity index (χ0v) is 21.5. The first-order valence-corrected chi connectivity index (χ1v) is 13.3. The third-order valence-corrected chi connectivity index (χ3v) is 7.50. The maximum absolute atomic E-state index is 14.0. The van der Waals surface area contributed by atoms with Gasteiger partial charge in [-0.3, -0.25) is 10.1 Å². The predicted molar refractivity (Wildman–Crippen MR) is 141 cm³/mol. The van der Waals surface area contributed by atoms with E-state index in [2.05, 4.69) is 16.7 Å². The van der Waals surface area contributed by atoms with Crippen LogP contribution in [0.2, 0.25) is 0 Å². The van der Waals surface area contributed by atoms with E-state index in [4.69, 9.17) is 4.74 Å². The summed E-state index contributed by atoms with van der Waals surface area (Å²) in [6.45, 7) is 5.69. The molecule has 2 amide bonds. The summed E-state index contributed by atoms with van der Waals surface area (Å²) in [4.78, 5) is 28.7. The minimum absolute atomic E-state index is 0.142. The Morgan fingerprint density at radius 2 is 1.92 bits per heavy atom. The van der Waals surface area contributed by atoms with Gasteiger partial charge in [0.2, 0.25) is 0 Å². The number of nitrogens with one attached hydrogen (secondary N) is 2. The maximum atomic E-state index is 14.0. The Labute approximate surface area is 214 Å². The van der Waals surface area contributed by atoms with Crippen molar-refractivity contribution in [3.63, 3.8) is 0 Å². The Morgan fingerprint density at radius 3 is 2.58 bits per heavy atom. The van der Waals surface area contributed by atoms with Crippen molar-refractivity contribution in [2.45, 2.75) is 70.4 Å². The largest absolute Gasteiger partial charge is 0.436 e. The summed E-state index contributed by atoms with van der Waals surface area (Å²) in [6.07, 6.45) is 5.06. The number of fused-ring (bicyclic) bond motifs is 1. The van der Waals surface area contributed by atoms with Crippen molar-refractivity contribution in [3.05, 3.63) is 42.5 Å². The molecule has 7 heteroatoms. The van der Waals surface area contributed by atoms with Crippen molar-refractivity contribution in [1.29, 1.82) is 5.26 Å². The first kappa shape index (κ1) is 26.0. The van der Waals surface area contributed by atoms with Gasteiger partial charge in [0.15, 0.2) is 6.10 Å². The SMILES string of the molecule is CC(C)CC(OC(=O)Nc1ccc2ccccc2c1)C(=O)N(CC1CCCCC1)C1(C#N)CCNC1. The molecule has 0 radical (unpaired) electrons. The molecule has 1 saturated carbocycles. The van der Waals surface area contributed by atoms with Crippen LogP contribution in [0.4, 0.5) is 10.5 Å². The number of carbonyl (C=O) groups excluding carboxylic acids is 2. The highest BCUT2D eigenvalue weighted by molar-refractivity contribution is 5.92. The van der Waals surface area contributed by atoms with E-state index in [1.807, 2.05) is 56.3 Å². The molecule has 7 nitrogen and oxygen atoms in total. The Hall–Kier alpha value is -3.11. The molecule has 0 aromatic heterocycles. The number of hydrogen-bond donors (Lipinski definition) is 2. The molecule has 1 heterocycles. The van der Waals surface area contributed by atoms with E-state index in [9.17, 15) is 14.9 Å². The number of amides is 2. The predicted octanol–water partition coefficient (Wildman–Crippen LogP) is 5.47. The molecule has 2 unspecified atom stereocenters. The number of rotatable bonds is 8. The number of carbonyl (C=O) groups is 2. The highest BCUT2D eigenvalue weighted by Crippen LogP contribution is 2.31. The molecule has 1 aliphatic carbocycles. The van der Waals surface area contributed by atoms with Crippen molar-refractivity contribution >= 4 is 28.5 Å². The molecule has 36 heavy (non-hydrogen) atoms. The summed E-state index contributed by atoms with van der Waals surface area (Å²) < 4.78 is 5.79. The van der Waals surface area contributed by atoms with Crippen LogP contribution in [0.3, 0.4) is 0 Å². The van der Waals surface area contributed by atoms with E-state index in [-0.39, 0.29) is 11.8 Å². The molecule has 4 rings (SSSR count). The lowest BCUT2D eigenvalue weighted by atomic mass is 9.86. The number of ether oxygens (including phenoxy) is 1. The van der Waals surface area contributed by atoms with Gasteiger partial charge in [-0.05, 0) is 67.0 Å². The molecule has 2 aromatic rings. The Bertz CT molecular complexity index is 1100. The summed E-state index contributed by atoms with van der Waals surface area (Å²) in [5.41, 5.74) is -0.288. The summed E-state index contributed by atoms with van der Waals surface area (Å²) >= 11 is 0. The normalized spacial score (nSPS) is 21.2. The fraction of sp³-hybridized carbons (Fsp3) is 0.552. The molecule has 2 fully saturated rings. The lowest BCUT2D eigenvalue weighted by Gasteiger charge is -2.40. The molecule has 1 aliphatic heterocycles. The number of hydrogen-bond acceptors (Lipinski definition) is 5. The number of nitrogens with zero attached hydrogens (tertiary/aromatic N) is 2. The quantitative estimate of drug-likeness (QED) is 0.512. The van der Waals surface area contributed by atoms with Gasteiger partial charge in [0.1, 0.15) is 5.54 Å². The van der Waals surface area contributed by atoms with Crippen LogP contribution in [0.5, 0.6) is 0 Å². The lowest BCUT2D eigenvalue weighted by Crippen LogP contribution is -2.57. The zero-order valence-electron chi connectivity index (χ0n) is 21.5. The van der Waals surface area contributed by atoms with E-state index in [0.717, 1.165) is 36.5 Å². The molecule has 192 valence electrons. The fourth-order valence-electron chi connectivity index (χ4n) is 5.51. The minimum atomic E-state index is -0.945. The highest BCUT2D eigenvalue weighted by Gasteiger charge is 2.46. The van der Waals surface area contributed by atoms with Crippen LogP contribution < -0.4 is 10.6 Å². The van der Waals surface area contributed by atoms with Gasteiger partial charge in [-0.25, -0.2) is 4.79 Å². The van der Waals surface area contributed by atoms with Crippen molar-refractivity contribution in [2.24, 2.45) is 11.8 Å². The van der Waals surface area contributed by atoms with Gasteiger partial charge in [0, 0.05) is 18.8 Å². The van der Waals surface area contributed by atoms with Crippen molar-refractivity contribution in [3.8, 4) is 6.07 Å². The van der Waals surface area contributed by atoms with E-state index < -0.39 is 17.7 Å². The number of anilines is 1. The Morgan fingerprint density at radius 1 is 1.17 bits per heavy atom. The van der Waals surface area contributed by atoms with Crippen molar-refractivity contribution in [2.75, 3.05) is 25.0 Å². The van der Waals surface area contributed by atoms with Gasteiger partial charge in [0.25, 0.3) is 5.91 Å². The van der Waals surface area contributed by atoms with Gasteiger partial charge < -0.3 is 15.0 Å². The van der Waals surface area contributed by atoms with Crippen LogP contribution in [0.1, 0.15) is 58.8 Å². The van der Waals surface area contributed by atoms with E-state index in [1.165, 1.54) is 6.42 Å². The van der Waals surface area contributed by atoms with Crippen LogP contribution in [0.15, 0.2) is 42.5 Å². The second-order valence-corrected chi connectivity index (χ2v) is 10.7.